The Morgan fingerprint density at radius 1 is 0.926 bits per heavy atom. The Labute approximate surface area is 168 Å². The Hall–Kier alpha value is -1.18. The highest BCUT2D eigenvalue weighted by Crippen LogP contribution is 2.44. The van der Waals surface area contributed by atoms with Gasteiger partial charge in [-0.05, 0) is 99.5 Å². The fraction of sp³-hybridized carbons (Fsp3) is 0.680. The molecule has 2 saturated carbocycles. The van der Waals surface area contributed by atoms with Gasteiger partial charge >= 0.3 is 0 Å². The molecule has 0 unspecified atom stereocenters. The molecule has 1 aromatic carbocycles. The van der Waals surface area contributed by atoms with Gasteiger partial charge in [0.15, 0.2) is 11.6 Å². The predicted molar refractivity (Wildman–Crippen MR) is 116 cm³/mol. The van der Waals surface area contributed by atoms with E-state index in [1.54, 1.807) is 13.0 Å². The van der Waals surface area contributed by atoms with Crippen molar-refractivity contribution in [1.82, 2.24) is 0 Å². The first kappa shape index (κ1) is 22.1. The minimum atomic E-state index is -0.654. The Morgan fingerprint density at radius 3 is 2.11 bits per heavy atom. The fourth-order valence-electron chi connectivity index (χ4n) is 5.14. The third-order valence-electron chi connectivity index (χ3n) is 6.86. The molecule has 2 heteroatoms. The summed E-state index contributed by atoms with van der Waals surface area (Å²) in [6.07, 6.45) is 17.0. The summed E-state index contributed by atoms with van der Waals surface area (Å²) in [6.45, 7) is 3.86. The van der Waals surface area contributed by atoms with Gasteiger partial charge in [0.05, 0.1) is 0 Å². The van der Waals surface area contributed by atoms with Crippen LogP contribution in [0.1, 0.15) is 98.5 Å². The minimum absolute atomic E-state index is 0. The van der Waals surface area contributed by atoms with Gasteiger partial charge in [-0.2, -0.15) is 0 Å². The molecule has 0 nitrogen and oxygen atoms in total. The highest BCUT2D eigenvalue weighted by atomic mass is 19.2. The second kappa shape index (κ2) is 10.4. The van der Waals surface area contributed by atoms with E-state index in [4.69, 9.17) is 0 Å². The largest absolute Gasteiger partial charge is 0.203 e. The molecule has 0 heterocycles. The number of unbranched alkanes of at least 4 members (excludes halogenated alkanes) is 1. The average molecular weight is 381 g/mol. The van der Waals surface area contributed by atoms with Crippen LogP contribution in [0, 0.1) is 36.3 Å². The van der Waals surface area contributed by atoms with Crippen LogP contribution in [0.4, 0.5) is 8.78 Å². The molecule has 0 aromatic heterocycles. The van der Waals surface area contributed by atoms with Gasteiger partial charge in [-0.15, -0.1) is 0 Å². The quantitative estimate of drug-likeness (QED) is 0.447. The third-order valence-corrected chi connectivity index (χ3v) is 6.86. The lowest BCUT2D eigenvalue weighted by atomic mass is 9.68. The molecule has 3 rings (SSSR count). The van der Waals surface area contributed by atoms with E-state index in [9.17, 15) is 8.78 Å². The molecular weight excluding hydrogens is 338 g/mol. The second-order valence-electron chi connectivity index (χ2n) is 8.60. The number of benzene rings is 1. The molecule has 27 heavy (non-hydrogen) atoms. The van der Waals surface area contributed by atoms with Gasteiger partial charge in [-0.25, -0.2) is 8.78 Å². The molecule has 0 atom stereocenters. The standard InChI is InChI=1S/C24H34F2.CH4.2H2/c1-3-4-5-6-18-8-10-19(11-9-18)20-12-14-21(15-13-20)22-16-7-17(2)23(25)24(22)26;;;/h5-7,16,18-21H,3-4,8-15H2,1-2H3;1H4;2*1H/b6-5+;;;. The van der Waals surface area contributed by atoms with E-state index in [1.165, 1.54) is 51.4 Å². The van der Waals surface area contributed by atoms with Crippen LogP contribution >= 0.6 is 0 Å². The van der Waals surface area contributed by atoms with Crippen molar-refractivity contribution >= 4 is 0 Å². The van der Waals surface area contributed by atoms with Crippen LogP contribution in [0.3, 0.4) is 0 Å². The maximum Gasteiger partial charge on any atom is 0.162 e. The summed E-state index contributed by atoms with van der Waals surface area (Å²) < 4.78 is 28.2. The van der Waals surface area contributed by atoms with Gasteiger partial charge in [-0.3, -0.25) is 0 Å². The van der Waals surface area contributed by atoms with E-state index in [2.05, 4.69) is 19.1 Å². The first-order valence-corrected chi connectivity index (χ1v) is 10.7. The lowest BCUT2D eigenvalue weighted by molar-refractivity contribution is 0.170. The Balaban J connectivity index is 0.00000261. The number of hydrogen-bond acceptors (Lipinski definition) is 0. The molecule has 0 spiro atoms. The average Bonchev–Trinajstić information content (AvgIpc) is 2.67. The number of aryl methyl sites for hydroxylation is 1. The SMILES string of the molecule is C.CCC/C=C/C1CCC(C2CCC(c3ccc(C)c(F)c3F)CC2)CC1.[HH].[HH]. The van der Waals surface area contributed by atoms with E-state index in [0.717, 1.165) is 30.6 Å². The molecule has 2 aliphatic carbocycles. The van der Waals surface area contributed by atoms with Gasteiger partial charge in [0.1, 0.15) is 0 Å². The maximum atomic E-state index is 14.3. The van der Waals surface area contributed by atoms with E-state index in [-0.39, 0.29) is 16.2 Å². The summed E-state index contributed by atoms with van der Waals surface area (Å²) in [5.74, 6) is 1.39. The number of allylic oxidation sites excluding steroid dienone is 2. The van der Waals surface area contributed by atoms with Crippen molar-refractivity contribution < 1.29 is 11.6 Å². The monoisotopic (exact) mass is 380 g/mol. The lowest BCUT2D eigenvalue weighted by Gasteiger charge is -2.37. The van der Waals surface area contributed by atoms with Crippen molar-refractivity contribution in [2.24, 2.45) is 17.8 Å². The molecule has 0 aliphatic heterocycles. The highest BCUT2D eigenvalue weighted by molar-refractivity contribution is 5.28. The van der Waals surface area contributed by atoms with E-state index in [1.807, 2.05) is 6.07 Å². The zero-order chi connectivity index (χ0) is 18.5. The van der Waals surface area contributed by atoms with Gasteiger partial charge in [0.25, 0.3) is 0 Å². The van der Waals surface area contributed by atoms with Crippen molar-refractivity contribution in [2.75, 3.05) is 0 Å². The summed E-state index contributed by atoms with van der Waals surface area (Å²) in [5.41, 5.74) is 1.01. The highest BCUT2D eigenvalue weighted by Gasteiger charge is 2.32. The molecule has 0 radical (unpaired) electrons. The molecular formula is C25H42F2. The van der Waals surface area contributed by atoms with E-state index in [0.29, 0.717) is 11.1 Å². The summed E-state index contributed by atoms with van der Waals surface area (Å²) in [4.78, 5) is 0. The van der Waals surface area contributed by atoms with Crippen LogP contribution in [0.15, 0.2) is 24.3 Å². The van der Waals surface area contributed by atoms with Gasteiger partial charge in [-0.1, -0.05) is 45.1 Å². The third kappa shape index (κ3) is 5.42. The normalized spacial score (nSPS) is 28.9. The number of rotatable bonds is 5. The van der Waals surface area contributed by atoms with Gasteiger partial charge in [0.2, 0.25) is 0 Å². The molecule has 2 fully saturated rings. The zero-order valence-corrected chi connectivity index (χ0v) is 16.4. The first-order chi connectivity index (χ1) is 12.6. The van der Waals surface area contributed by atoms with Gasteiger partial charge < -0.3 is 0 Å². The zero-order valence-electron chi connectivity index (χ0n) is 16.4. The first-order valence-electron chi connectivity index (χ1n) is 10.7. The number of halogens is 2. The molecule has 0 saturated heterocycles. The fourth-order valence-corrected chi connectivity index (χ4v) is 5.14. The van der Waals surface area contributed by atoms with Crippen molar-refractivity contribution in [3.63, 3.8) is 0 Å². The van der Waals surface area contributed by atoms with Crippen molar-refractivity contribution in [2.45, 2.75) is 91.4 Å². The van der Waals surface area contributed by atoms with Crippen LogP contribution in [-0.4, -0.2) is 0 Å². The Morgan fingerprint density at radius 2 is 1.52 bits per heavy atom. The van der Waals surface area contributed by atoms with Crippen LogP contribution in [0.25, 0.3) is 0 Å². The van der Waals surface area contributed by atoms with Crippen LogP contribution in [0.2, 0.25) is 0 Å². The molecule has 0 N–H and O–H groups in total. The van der Waals surface area contributed by atoms with Crippen LogP contribution < -0.4 is 0 Å². The van der Waals surface area contributed by atoms with Crippen molar-refractivity contribution in [3.8, 4) is 0 Å². The number of hydrogen-bond donors (Lipinski definition) is 0. The molecule has 1 aromatic rings. The van der Waals surface area contributed by atoms with Crippen LogP contribution in [0.5, 0.6) is 0 Å². The smallest absolute Gasteiger partial charge is 0.162 e. The molecule has 156 valence electrons. The predicted octanol–water partition coefficient (Wildman–Crippen LogP) is 8.84. The summed E-state index contributed by atoms with van der Waals surface area (Å²) >= 11 is 0. The second-order valence-corrected chi connectivity index (χ2v) is 8.60. The molecule has 2 aliphatic rings. The van der Waals surface area contributed by atoms with E-state index < -0.39 is 11.6 Å². The Bertz CT molecular complexity index is 613. The lowest BCUT2D eigenvalue weighted by Crippen LogP contribution is -2.25. The van der Waals surface area contributed by atoms with Crippen molar-refractivity contribution in [1.29, 1.82) is 0 Å². The van der Waals surface area contributed by atoms with E-state index >= 15 is 0 Å². The topological polar surface area (TPSA) is 0 Å². The summed E-state index contributed by atoms with van der Waals surface area (Å²) in [7, 11) is 0. The Kier molecular flexibility index (Phi) is 8.51. The van der Waals surface area contributed by atoms with Crippen molar-refractivity contribution in [3.05, 3.63) is 47.0 Å². The molecule has 0 bridgehead atoms. The van der Waals surface area contributed by atoms with Gasteiger partial charge in [0, 0.05) is 2.85 Å². The molecule has 0 amide bonds. The van der Waals surface area contributed by atoms with Crippen LogP contribution in [-0.2, 0) is 0 Å². The summed E-state index contributed by atoms with van der Waals surface area (Å²) in [6, 6.07) is 3.54. The maximum absolute atomic E-state index is 14.3. The summed E-state index contributed by atoms with van der Waals surface area (Å²) in [5, 5.41) is 0. The minimum Gasteiger partial charge on any atom is -0.203 e.